The Labute approximate surface area is 114 Å². The molecule has 0 aliphatic heterocycles. The first-order valence-electron chi connectivity index (χ1n) is 5.86. The molecule has 0 aliphatic rings. The fourth-order valence-corrected chi connectivity index (χ4v) is 1.56. The third kappa shape index (κ3) is 3.37. The molecular formula is C12H13N5O3. The summed E-state index contributed by atoms with van der Waals surface area (Å²) < 4.78 is 0. The van der Waals surface area contributed by atoms with Gasteiger partial charge < -0.3 is 15.4 Å². The number of rotatable bonds is 5. The molecule has 0 bridgehead atoms. The fourth-order valence-electron chi connectivity index (χ4n) is 1.56. The molecule has 0 aliphatic carbocycles. The molecular weight excluding hydrogens is 262 g/mol. The monoisotopic (exact) mass is 275 g/mol. The van der Waals surface area contributed by atoms with Gasteiger partial charge in [0.05, 0.1) is 18.2 Å². The first kappa shape index (κ1) is 13.7. The molecule has 0 saturated heterocycles. The normalized spacial score (nSPS) is 11.8. The lowest BCUT2D eigenvalue weighted by Gasteiger charge is -2.13. The van der Waals surface area contributed by atoms with Crippen LogP contribution in [0.15, 0.2) is 24.9 Å². The minimum Gasteiger partial charge on any atom is -0.480 e. The zero-order valence-corrected chi connectivity index (χ0v) is 10.7. The summed E-state index contributed by atoms with van der Waals surface area (Å²) in [6.07, 6.45) is 5.81. The maximum Gasteiger partial charge on any atom is 0.326 e. The largest absolute Gasteiger partial charge is 0.480 e. The second-order valence-corrected chi connectivity index (χ2v) is 4.19. The van der Waals surface area contributed by atoms with E-state index < -0.39 is 17.9 Å². The highest BCUT2D eigenvalue weighted by Crippen LogP contribution is 2.01. The van der Waals surface area contributed by atoms with Crippen molar-refractivity contribution in [3.05, 3.63) is 42.0 Å². The smallest absolute Gasteiger partial charge is 0.326 e. The number of aliphatic carboxylic acids is 1. The molecule has 3 N–H and O–H groups in total. The van der Waals surface area contributed by atoms with Gasteiger partial charge in [0.1, 0.15) is 11.7 Å². The highest BCUT2D eigenvalue weighted by Gasteiger charge is 2.22. The number of aromatic nitrogens is 4. The van der Waals surface area contributed by atoms with Gasteiger partial charge in [-0.05, 0) is 6.92 Å². The van der Waals surface area contributed by atoms with Crippen LogP contribution in [-0.2, 0) is 11.2 Å². The van der Waals surface area contributed by atoms with E-state index in [9.17, 15) is 9.59 Å². The quantitative estimate of drug-likeness (QED) is 0.702. The Bertz CT molecular complexity index is 594. The number of carbonyl (C=O) groups excluding carboxylic acids is 1. The lowest BCUT2D eigenvalue weighted by molar-refractivity contribution is -0.139. The molecule has 1 amide bonds. The van der Waals surface area contributed by atoms with Crippen LogP contribution in [0.4, 0.5) is 0 Å². The van der Waals surface area contributed by atoms with Crippen molar-refractivity contribution >= 4 is 11.9 Å². The molecule has 0 unspecified atom stereocenters. The molecule has 2 heterocycles. The highest BCUT2D eigenvalue weighted by molar-refractivity contribution is 5.94. The first-order chi connectivity index (χ1) is 9.56. The van der Waals surface area contributed by atoms with E-state index in [1.807, 2.05) is 0 Å². The number of carboxylic acids is 1. The van der Waals surface area contributed by atoms with Crippen LogP contribution in [0.5, 0.6) is 0 Å². The van der Waals surface area contributed by atoms with Crippen LogP contribution < -0.4 is 5.32 Å². The Balaban J connectivity index is 2.06. The van der Waals surface area contributed by atoms with Crippen LogP contribution >= 0.6 is 0 Å². The second kappa shape index (κ2) is 5.91. The van der Waals surface area contributed by atoms with E-state index in [2.05, 4.69) is 25.3 Å². The number of aryl methyl sites for hydroxylation is 1. The molecule has 8 nitrogen and oxygen atoms in total. The number of nitrogens with one attached hydrogen (secondary N) is 2. The van der Waals surface area contributed by atoms with E-state index in [4.69, 9.17) is 5.11 Å². The van der Waals surface area contributed by atoms with Crippen molar-refractivity contribution < 1.29 is 14.7 Å². The summed E-state index contributed by atoms with van der Waals surface area (Å²) in [5.74, 6) is -1.71. The number of aromatic amines is 1. The maximum atomic E-state index is 11.9. The number of hydrogen-bond donors (Lipinski definition) is 3. The first-order valence-corrected chi connectivity index (χ1v) is 5.86. The summed E-state index contributed by atoms with van der Waals surface area (Å²) in [4.78, 5) is 37.5. The minimum atomic E-state index is -1.13. The number of amides is 1. The SMILES string of the molecule is Cc1cnc(C(=O)N[C@H](Cc2cnc[nH]2)C(=O)O)cn1. The Kier molecular flexibility index (Phi) is 4.04. The van der Waals surface area contributed by atoms with Gasteiger partial charge in [-0.1, -0.05) is 0 Å². The molecule has 0 spiro atoms. The van der Waals surface area contributed by atoms with Crippen molar-refractivity contribution in [1.82, 2.24) is 25.3 Å². The molecule has 2 aromatic rings. The Morgan fingerprint density at radius 2 is 2.15 bits per heavy atom. The van der Waals surface area contributed by atoms with Crippen molar-refractivity contribution in [2.45, 2.75) is 19.4 Å². The van der Waals surface area contributed by atoms with Crippen molar-refractivity contribution in [1.29, 1.82) is 0 Å². The number of hydrogen-bond acceptors (Lipinski definition) is 5. The number of carboxylic acid groups (broad SMARTS) is 1. The predicted octanol–water partition coefficient (Wildman–Crippen LogP) is -0.0662. The molecule has 0 saturated carbocycles. The number of imidazole rings is 1. The lowest BCUT2D eigenvalue weighted by Crippen LogP contribution is -2.42. The average molecular weight is 275 g/mol. The van der Waals surface area contributed by atoms with Crippen molar-refractivity contribution in [3.8, 4) is 0 Å². The molecule has 104 valence electrons. The van der Waals surface area contributed by atoms with E-state index in [1.54, 1.807) is 6.92 Å². The number of carbonyl (C=O) groups is 2. The second-order valence-electron chi connectivity index (χ2n) is 4.19. The fraction of sp³-hybridized carbons (Fsp3) is 0.250. The standard InChI is InChI=1S/C12H13N5O3/c1-7-3-15-10(5-14-7)11(18)17-9(12(19)20)2-8-4-13-6-16-8/h3-6,9H,2H2,1H3,(H,13,16)(H,17,18)(H,19,20)/t9-/m1/s1. The molecule has 0 radical (unpaired) electrons. The van der Waals surface area contributed by atoms with Gasteiger partial charge in [-0.2, -0.15) is 0 Å². The van der Waals surface area contributed by atoms with Crippen LogP contribution in [-0.4, -0.2) is 43.0 Å². The average Bonchev–Trinajstić information content (AvgIpc) is 2.91. The summed E-state index contributed by atoms with van der Waals surface area (Å²) >= 11 is 0. The zero-order valence-electron chi connectivity index (χ0n) is 10.7. The molecule has 1 atom stereocenters. The van der Waals surface area contributed by atoms with Crippen LogP contribution in [0.1, 0.15) is 21.9 Å². The summed E-state index contributed by atoms with van der Waals surface area (Å²) in [7, 11) is 0. The summed E-state index contributed by atoms with van der Waals surface area (Å²) in [6.45, 7) is 1.74. The maximum absolute atomic E-state index is 11.9. The third-order valence-electron chi connectivity index (χ3n) is 2.60. The molecule has 0 aromatic carbocycles. The van der Waals surface area contributed by atoms with Crippen molar-refractivity contribution in [2.24, 2.45) is 0 Å². The van der Waals surface area contributed by atoms with E-state index >= 15 is 0 Å². The molecule has 20 heavy (non-hydrogen) atoms. The summed E-state index contributed by atoms with van der Waals surface area (Å²) in [5.41, 5.74) is 1.37. The van der Waals surface area contributed by atoms with Gasteiger partial charge in [-0.15, -0.1) is 0 Å². The van der Waals surface area contributed by atoms with Gasteiger partial charge >= 0.3 is 5.97 Å². The third-order valence-corrected chi connectivity index (χ3v) is 2.60. The topological polar surface area (TPSA) is 121 Å². The van der Waals surface area contributed by atoms with Crippen LogP contribution in [0.2, 0.25) is 0 Å². The van der Waals surface area contributed by atoms with E-state index in [-0.39, 0.29) is 12.1 Å². The summed E-state index contributed by atoms with van der Waals surface area (Å²) in [5, 5.41) is 11.5. The van der Waals surface area contributed by atoms with Crippen molar-refractivity contribution in [3.63, 3.8) is 0 Å². The van der Waals surface area contributed by atoms with E-state index in [0.29, 0.717) is 11.4 Å². The van der Waals surface area contributed by atoms with E-state index in [0.717, 1.165) is 0 Å². The van der Waals surface area contributed by atoms with E-state index in [1.165, 1.54) is 24.9 Å². The van der Waals surface area contributed by atoms with Crippen LogP contribution in [0, 0.1) is 6.92 Å². The number of H-pyrrole nitrogens is 1. The minimum absolute atomic E-state index is 0.0754. The highest BCUT2D eigenvalue weighted by atomic mass is 16.4. The predicted molar refractivity (Wildman–Crippen MR) is 68.0 cm³/mol. The zero-order chi connectivity index (χ0) is 14.5. The van der Waals surface area contributed by atoms with Gasteiger partial charge in [0.15, 0.2) is 0 Å². The molecule has 8 heteroatoms. The Morgan fingerprint density at radius 1 is 1.35 bits per heavy atom. The number of nitrogens with zero attached hydrogens (tertiary/aromatic N) is 3. The van der Waals surface area contributed by atoms with Crippen molar-refractivity contribution in [2.75, 3.05) is 0 Å². The van der Waals surface area contributed by atoms with Gasteiger partial charge in [0.2, 0.25) is 0 Å². The molecule has 0 fully saturated rings. The van der Waals surface area contributed by atoms with Gasteiger partial charge in [-0.3, -0.25) is 9.78 Å². The van der Waals surface area contributed by atoms with Gasteiger partial charge in [0.25, 0.3) is 5.91 Å². The van der Waals surface area contributed by atoms with Crippen LogP contribution in [0.25, 0.3) is 0 Å². The molecule has 2 aromatic heterocycles. The lowest BCUT2D eigenvalue weighted by atomic mass is 10.1. The van der Waals surface area contributed by atoms with Gasteiger partial charge in [-0.25, -0.2) is 14.8 Å². The van der Waals surface area contributed by atoms with Gasteiger partial charge in [0, 0.05) is 24.5 Å². The van der Waals surface area contributed by atoms with Crippen LogP contribution in [0.3, 0.4) is 0 Å². The Hall–Kier alpha value is -2.77. The Morgan fingerprint density at radius 3 is 2.70 bits per heavy atom. The molecule has 2 rings (SSSR count). The summed E-state index contributed by atoms with van der Waals surface area (Å²) in [6, 6.07) is -1.06.